The number of sulfonamides is 1. The summed E-state index contributed by atoms with van der Waals surface area (Å²) in [6.07, 6.45) is 0. The summed E-state index contributed by atoms with van der Waals surface area (Å²) >= 11 is 0. The van der Waals surface area contributed by atoms with Gasteiger partial charge in [-0.1, -0.05) is 18.2 Å². The van der Waals surface area contributed by atoms with Crippen LogP contribution in [-0.4, -0.2) is 52.0 Å². The number of nitrogens with zero attached hydrogens (tertiary/aromatic N) is 1. The Morgan fingerprint density at radius 2 is 1.89 bits per heavy atom. The highest BCUT2D eigenvalue weighted by molar-refractivity contribution is 7.89. The largest absolute Gasteiger partial charge is 0.497 e. The van der Waals surface area contributed by atoms with Crippen LogP contribution < -0.4 is 10.1 Å². The predicted octanol–water partition coefficient (Wildman–Crippen LogP) is 1.65. The van der Waals surface area contributed by atoms with Crippen LogP contribution in [0, 0.1) is 0 Å². The fourth-order valence-corrected chi connectivity index (χ4v) is 4.26. The number of carbonyl (C=O) groups is 1. The standard InChI is InChI=1S/C19H22N2O5S/c1-25-17-6-2-4-15(12-17)14-20-19(22)16-5-3-7-18(13-16)27(23,24)21-8-10-26-11-9-21/h2-7,12-13H,8-11,14H2,1H3,(H,20,22). The smallest absolute Gasteiger partial charge is 0.251 e. The van der Waals surface area contributed by atoms with E-state index in [-0.39, 0.29) is 10.8 Å². The quantitative estimate of drug-likeness (QED) is 0.811. The molecule has 0 spiro atoms. The second kappa shape index (κ2) is 8.51. The third-order valence-electron chi connectivity index (χ3n) is 4.29. The van der Waals surface area contributed by atoms with E-state index >= 15 is 0 Å². The normalized spacial score (nSPS) is 15.3. The van der Waals surface area contributed by atoms with Crippen molar-refractivity contribution in [2.45, 2.75) is 11.4 Å². The molecule has 0 saturated carbocycles. The molecular weight excluding hydrogens is 368 g/mol. The van der Waals surface area contributed by atoms with Crippen LogP contribution in [0.3, 0.4) is 0 Å². The van der Waals surface area contributed by atoms with E-state index in [4.69, 9.17) is 9.47 Å². The first-order chi connectivity index (χ1) is 13.0. The summed E-state index contributed by atoms with van der Waals surface area (Å²) in [4.78, 5) is 12.6. The highest BCUT2D eigenvalue weighted by Crippen LogP contribution is 2.18. The van der Waals surface area contributed by atoms with Gasteiger partial charge in [-0.2, -0.15) is 4.31 Å². The van der Waals surface area contributed by atoms with E-state index in [9.17, 15) is 13.2 Å². The second-order valence-electron chi connectivity index (χ2n) is 6.08. The number of hydrogen-bond acceptors (Lipinski definition) is 5. The van der Waals surface area contributed by atoms with E-state index < -0.39 is 10.0 Å². The Bertz CT molecular complexity index is 908. The van der Waals surface area contributed by atoms with Crippen molar-refractivity contribution in [2.24, 2.45) is 0 Å². The molecule has 3 rings (SSSR count). The van der Waals surface area contributed by atoms with Crippen molar-refractivity contribution in [1.29, 1.82) is 0 Å². The molecule has 0 aliphatic carbocycles. The average molecular weight is 390 g/mol. The van der Waals surface area contributed by atoms with Crippen LogP contribution in [0.2, 0.25) is 0 Å². The van der Waals surface area contributed by atoms with Crippen LogP contribution in [0.15, 0.2) is 53.4 Å². The van der Waals surface area contributed by atoms with Crippen LogP contribution in [0.5, 0.6) is 5.75 Å². The van der Waals surface area contributed by atoms with Gasteiger partial charge in [-0.15, -0.1) is 0 Å². The molecule has 1 aliphatic heterocycles. The third kappa shape index (κ3) is 4.65. The first kappa shape index (κ1) is 19.3. The minimum absolute atomic E-state index is 0.110. The number of ether oxygens (including phenoxy) is 2. The monoisotopic (exact) mass is 390 g/mol. The third-order valence-corrected chi connectivity index (χ3v) is 6.19. The van der Waals surface area contributed by atoms with E-state index in [0.29, 0.717) is 44.2 Å². The number of morpholine rings is 1. The zero-order valence-electron chi connectivity index (χ0n) is 15.1. The van der Waals surface area contributed by atoms with E-state index in [1.165, 1.54) is 16.4 Å². The molecule has 1 fully saturated rings. The molecule has 1 heterocycles. The maximum atomic E-state index is 12.7. The molecule has 0 unspecified atom stereocenters. The number of hydrogen-bond donors (Lipinski definition) is 1. The summed E-state index contributed by atoms with van der Waals surface area (Å²) in [5.41, 5.74) is 1.19. The number of rotatable bonds is 6. The molecule has 1 amide bonds. The summed E-state index contributed by atoms with van der Waals surface area (Å²) in [7, 11) is -2.06. The highest BCUT2D eigenvalue weighted by Gasteiger charge is 2.26. The van der Waals surface area contributed by atoms with Crippen LogP contribution in [-0.2, 0) is 21.3 Å². The molecule has 1 aliphatic rings. The minimum atomic E-state index is -3.64. The first-order valence-corrected chi connectivity index (χ1v) is 10.0. The summed E-state index contributed by atoms with van der Waals surface area (Å²) in [6.45, 7) is 1.69. The molecular formula is C19H22N2O5S. The zero-order valence-corrected chi connectivity index (χ0v) is 15.9. The van der Waals surface area contributed by atoms with Gasteiger partial charge in [0, 0.05) is 25.2 Å². The van der Waals surface area contributed by atoms with Gasteiger partial charge in [0.1, 0.15) is 5.75 Å². The van der Waals surface area contributed by atoms with Crippen molar-refractivity contribution in [3.05, 3.63) is 59.7 Å². The van der Waals surface area contributed by atoms with Crippen LogP contribution in [0.1, 0.15) is 15.9 Å². The number of amides is 1. The van der Waals surface area contributed by atoms with Gasteiger partial charge in [0.2, 0.25) is 10.0 Å². The fraction of sp³-hybridized carbons (Fsp3) is 0.316. The van der Waals surface area contributed by atoms with Crippen molar-refractivity contribution in [3.63, 3.8) is 0 Å². The minimum Gasteiger partial charge on any atom is -0.497 e. The summed E-state index contributed by atoms with van der Waals surface area (Å²) in [6, 6.07) is 13.5. The van der Waals surface area contributed by atoms with E-state index in [0.717, 1.165) is 5.56 Å². The maximum absolute atomic E-state index is 12.7. The van der Waals surface area contributed by atoms with Crippen molar-refractivity contribution in [2.75, 3.05) is 33.4 Å². The lowest BCUT2D eigenvalue weighted by Gasteiger charge is -2.26. The summed E-state index contributed by atoms with van der Waals surface area (Å²) in [5, 5.41) is 2.80. The number of methoxy groups -OCH3 is 1. The van der Waals surface area contributed by atoms with Crippen LogP contribution >= 0.6 is 0 Å². The Hall–Kier alpha value is -2.42. The molecule has 0 aromatic heterocycles. The van der Waals surface area contributed by atoms with E-state index in [1.807, 2.05) is 24.3 Å². The lowest BCUT2D eigenvalue weighted by atomic mass is 10.2. The SMILES string of the molecule is COc1cccc(CNC(=O)c2cccc(S(=O)(=O)N3CCOCC3)c2)c1. The maximum Gasteiger partial charge on any atom is 0.251 e. The fourth-order valence-electron chi connectivity index (χ4n) is 2.80. The van der Waals surface area contributed by atoms with Gasteiger partial charge in [-0.3, -0.25) is 4.79 Å². The molecule has 2 aromatic carbocycles. The molecule has 0 atom stereocenters. The molecule has 27 heavy (non-hydrogen) atoms. The highest BCUT2D eigenvalue weighted by atomic mass is 32.2. The molecule has 2 aromatic rings. The van der Waals surface area contributed by atoms with Gasteiger partial charge >= 0.3 is 0 Å². The molecule has 144 valence electrons. The van der Waals surface area contributed by atoms with Gasteiger partial charge in [-0.05, 0) is 35.9 Å². The van der Waals surface area contributed by atoms with Crippen molar-refractivity contribution >= 4 is 15.9 Å². The number of nitrogens with one attached hydrogen (secondary N) is 1. The second-order valence-corrected chi connectivity index (χ2v) is 8.02. The van der Waals surface area contributed by atoms with Gasteiger partial charge in [-0.25, -0.2) is 8.42 Å². The Morgan fingerprint density at radius 1 is 1.15 bits per heavy atom. The molecule has 7 nitrogen and oxygen atoms in total. The van der Waals surface area contributed by atoms with Crippen molar-refractivity contribution in [1.82, 2.24) is 9.62 Å². The Morgan fingerprint density at radius 3 is 2.63 bits per heavy atom. The van der Waals surface area contributed by atoms with Gasteiger partial charge in [0.15, 0.2) is 0 Å². The van der Waals surface area contributed by atoms with Gasteiger partial charge in [0.05, 0.1) is 25.2 Å². The summed E-state index contributed by atoms with van der Waals surface area (Å²) in [5.74, 6) is 0.372. The molecule has 8 heteroatoms. The van der Waals surface area contributed by atoms with Crippen molar-refractivity contribution < 1.29 is 22.7 Å². The lowest BCUT2D eigenvalue weighted by Crippen LogP contribution is -2.40. The predicted molar refractivity (Wildman–Crippen MR) is 100 cm³/mol. The topological polar surface area (TPSA) is 84.9 Å². The lowest BCUT2D eigenvalue weighted by molar-refractivity contribution is 0.0730. The van der Waals surface area contributed by atoms with Crippen LogP contribution in [0.4, 0.5) is 0 Å². The van der Waals surface area contributed by atoms with E-state index in [1.54, 1.807) is 19.2 Å². The molecule has 0 bridgehead atoms. The number of carbonyl (C=O) groups excluding carboxylic acids is 1. The first-order valence-electron chi connectivity index (χ1n) is 8.60. The molecule has 0 radical (unpaired) electrons. The Balaban J connectivity index is 1.71. The van der Waals surface area contributed by atoms with Gasteiger partial charge in [0.25, 0.3) is 5.91 Å². The van der Waals surface area contributed by atoms with Crippen molar-refractivity contribution in [3.8, 4) is 5.75 Å². The van der Waals surface area contributed by atoms with Gasteiger partial charge < -0.3 is 14.8 Å². The molecule has 1 saturated heterocycles. The Kier molecular flexibility index (Phi) is 6.10. The average Bonchev–Trinajstić information content (AvgIpc) is 2.73. The van der Waals surface area contributed by atoms with E-state index in [2.05, 4.69) is 5.32 Å². The zero-order chi connectivity index (χ0) is 19.3. The molecule has 1 N–H and O–H groups in total. The summed E-state index contributed by atoms with van der Waals surface area (Å²) < 4.78 is 37.2. The Labute approximate surface area is 158 Å². The van der Waals surface area contributed by atoms with Crippen LogP contribution in [0.25, 0.3) is 0 Å². The number of benzene rings is 2.